The third kappa shape index (κ3) is 1.20. The highest BCUT2D eigenvalue weighted by Crippen LogP contribution is 2.39. The number of nitrogens with two attached hydrogens (primary N) is 1. The van der Waals surface area contributed by atoms with Gasteiger partial charge in [0.05, 0.1) is 6.04 Å². The molecule has 1 aliphatic rings. The van der Waals surface area contributed by atoms with Gasteiger partial charge in [-0.2, -0.15) is 0 Å². The molecule has 76 valence electrons. The van der Waals surface area contributed by atoms with Crippen LogP contribution in [0.1, 0.15) is 30.5 Å². The molecular weight excluding hydrogens is 181 g/mol. The van der Waals surface area contributed by atoms with E-state index in [1.807, 2.05) is 13.0 Å². The quantitative estimate of drug-likeness (QED) is 0.746. The van der Waals surface area contributed by atoms with Crippen molar-refractivity contribution in [1.82, 2.24) is 0 Å². The molecule has 2 N–H and O–H groups in total. The largest absolute Gasteiger partial charge is 0.485 e. The summed E-state index contributed by atoms with van der Waals surface area (Å²) in [6.07, 6.45) is 0.718. The molecule has 0 aliphatic carbocycles. The Morgan fingerprint density at radius 1 is 1.50 bits per heavy atom. The van der Waals surface area contributed by atoms with Gasteiger partial charge >= 0.3 is 0 Å². The van der Waals surface area contributed by atoms with Crippen LogP contribution in [0.3, 0.4) is 0 Å². The summed E-state index contributed by atoms with van der Waals surface area (Å²) in [5.41, 5.74) is 7.32. The molecule has 2 unspecified atom stereocenters. The van der Waals surface area contributed by atoms with Crippen LogP contribution < -0.4 is 10.5 Å². The number of hydrogen-bond acceptors (Lipinski definition) is 2. The highest BCUT2D eigenvalue weighted by atomic mass is 19.1. The van der Waals surface area contributed by atoms with Crippen LogP contribution in [0.2, 0.25) is 0 Å². The summed E-state index contributed by atoms with van der Waals surface area (Å²) in [5.74, 6) is 0.0817. The molecule has 2 atom stereocenters. The predicted molar refractivity (Wildman–Crippen MR) is 52.8 cm³/mol. The maximum absolute atomic E-state index is 13.6. The Bertz CT molecular complexity index is 365. The minimum absolute atomic E-state index is 0.0821. The van der Waals surface area contributed by atoms with Crippen molar-refractivity contribution in [3.63, 3.8) is 0 Å². The zero-order chi connectivity index (χ0) is 10.3. The van der Waals surface area contributed by atoms with E-state index in [-0.39, 0.29) is 18.0 Å². The van der Waals surface area contributed by atoms with Gasteiger partial charge in [-0.25, -0.2) is 4.39 Å². The van der Waals surface area contributed by atoms with Gasteiger partial charge in [0.25, 0.3) is 0 Å². The summed E-state index contributed by atoms with van der Waals surface area (Å²) in [5, 5.41) is 0. The van der Waals surface area contributed by atoms with Crippen molar-refractivity contribution >= 4 is 0 Å². The SMILES string of the molecule is CCC1Oc2c(ccc(C)c2F)C1N. The Morgan fingerprint density at radius 2 is 2.21 bits per heavy atom. The molecule has 1 aliphatic heterocycles. The van der Waals surface area contributed by atoms with Crippen LogP contribution >= 0.6 is 0 Å². The average molecular weight is 195 g/mol. The maximum atomic E-state index is 13.6. The first-order valence-corrected chi connectivity index (χ1v) is 4.86. The number of rotatable bonds is 1. The predicted octanol–water partition coefficient (Wildman–Crippen LogP) is 2.30. The van der Waals surface area contributed by atoms with Gasteiger partial charge in [0.1, 0.15) is 6.10 Å². The van der Waals surface area contributed by atoms with Gasteiger partial charge in [0.15, 0.2) is 11.6 Å². The van der Waals surface area contributed by atoms with Gasteiger partial charge in [-0.15, -0.1) is 0 Å². The highest BCUT2D eigenvalue weighted by Gasteiger charge is 2.32. The summed E-state index contributed by atoms with van der Waals surface area (Å²) in [6.45, 7) is 3.71. The van der Waals surface area contributed by atoms with Crippen molar-refractivity contribution in [3.05, 3.63) is 29.1 Å². The molecule has 0 fully saturated rings. The maximum Gasteiger partial charge on any atom is 0.168 e. The Balaban J connectivity index is 2.48. The van der Waals surface area contributed by atoms with Gasteiger partial charge in [0, 0.05) is 5.56 Å². The van der Waals surface area contributed by atoms with E-state index in [4.69, 9.17) is 10.5 Å². The van der Waals surface area contributed by atoms with Gasteiger partial charge in [0.2, 0.25) is 0 Å². The number of ether oxygens (including phenoxy) is 1. The first-order valence-electron chi connectivity index (χ1n) is 4.86. The van der Waals surface area contributed by atoms with E-state index in [2.05, 4.69) is 0 Å². The molecule has 3 heteroatoms. The summed E-state index contributed by atoms with van der Waals surface area (Å²) in [6, 6.07) is 3.41. The molecule has 14 heavy (non-hydrogen) atoms. The van der Waals surface area contributed by atoms with Gasteiger partial charge in [-0.1, -0.05) is 19.1 Å². The van der Waals surface area contributed by atoms with E-state index in [1.165, 1.54) is 0 Å². The minimum atomic E-state index is -0.270. The van der Waals surface area contributed by atoms with Crippen molar-refractivity contribution in [2.24, 2.45) is 5.73 Å². The highest BCUT2D eigenvalue weighted by molar-refractivity contribution is 5.44. The third-order valence-corrected chi connectivity index (χ3v) is 2.75. The van der Waals surface area contributed by atoms with Crippen LogP contribution in [-0.2, 0) is 0 Å². The summed E-state index contributed by atoms with van der Waals surface area (Å²) >= 11 is 0. The fourth-order valence-electron chi connectivity index (χ4n) is 1.81. The first-order chi connectivity index (χ1) is 6.65. The van der Waals surface area contributed by atoms with Crippen LogP contribution in [0.25, 0.3) is 0 Å². The standard InChI is InChI=1S/C11H14FNO/c1-3-8-10(13)7-5-4-6(2)9(12)11(7)14-8/h4-5,8,10H,3,13H2,1-2H3. The van der Waals surface area contributed by atoms with E-state index in [1.54, 1.807) is 13.0 Å². The van der Waals surface area contributed by atoms with Crippen LogP contribution in [0.15, 0.2) is 12.1 Å². The Labute approximate surface area is 82.9 Å². The van der Waals surface area contributed by atoms with Crippen molar-refractivity contribution in [2.75, 3.05) is 0 Å². The Kier molecular flexibility index (Phi) is 2.19. The van der Waals surface area contributed by atoms with Crippen LogP contribution in [0.5, 0.6) is 5.75 Å². The number of aryl methyl sites for hydroxylation is 1. The minimum Gasteiger partial charge on any atom is -0.485 e. The fourth-order valence-corrected chi connectivity index (χ4v) is 1.81. The lowest BCUT2D eigenvalue weighted by Gasteiger charge is -2.11. The molecule has 1 heterocycles. The van der Waals surface area contributed by atoms with Crippen LogP contribution in [0.4, 0.5) is 4.39 Å². The van der Waals surface area contributed by atoms with Crippen molar-refractivity contribution < 1.29 is 9.13 Å². The molecule has 1 aromatic carbocycles. The molecule has 0 amide bonds. The lowest BCUT2D eigenvalue weighted by atomic mass is 10.0. The van der Waals surface area contributed by atoms with Crippen molar-refractivity contribution in [1.29, 1.82) is 0 Å². The number of benzene rings is 1. The van der Waals surface area contributed by atoms with Gasteiger partial charge < -0.3 is 10.5 Å². The molecule has 0 spiro atoms. The molecular formula is C11H14FNO. The number of fused-ring (bicyclic) bond motifs is 1. The molecule has 0 aromatic heterocycles. The Hall–Kier alpha value is -1.09. The lowest BCUT2D eigenvalue weighted by molar-refractivity contribution is 0.195. The molecule has 0 bridgehead atoms. The molecule has 1 aromatic rings. The fraction of sp³-hybridized carbons (Fsp3) is 0.455. The van der Waals surface area contributed by atoms with E-state index in [9.17, 15) is 4.39 Å². The first kappa shape index (κ1) is 9.46. The summed E-state index contributed by atoms with van der Waals surface area (Å²) in [4.78, 5) is 0. The zero-order valence-electron chi connectivity index (χ0n) is 8.38. The summed E-state index contributed by atoms with van der Waals surface area (Å²) in [7, 11) is 0. The van der Waals surface area contributed by atoms with Crippen LogP contribution in [-0.4, -0.2) is 6.10 Å². The molecule has 0 radical (unpaired) electrons. The van der Waals surface area contributed by atoms with Crippen molar-refractivity contribution in [2.45, 2.75) is 32.4 Å². The second-order valence-electron chi connectivity index (χ2n) is 3.71. The smallest absolute Gasteiger partial charge is 0.168 e. The Morgan fingerprint density at radius 3 is 2.86 bits per heavy atom. The van der Waals surface area contributed by atoms with Gasteiger partial charge in [-0.3, -0.25) is 0 Å². The molecule has 0 saturated heterocycles. The monoisotopic (exact) mass is 195 g/mol. The lowest BCUT2D eigenvalue weighted by Crippen LogP contribution is -2.24. The van der Waals surface area contributed by atoms with E-state index < -0.39 is 0 Å². The second kappa shape index (κ2) is 3.24. The van der Waals surface area contributed by atoms with Crippen molar-refractivity contribution in [3.8, 4) is 5.75 Å². The number of hydrogen-bond donors (Lipinski definition) is 1. The molecule has 2 rings (SSSR count). The molecule has 2 nitrogen and oxygen atoms in total. The molecule has 0 saturated carbocycles. The second-order valence-corrected chi connectivity index (χ2v) is 3.71. The third-order valence-electron chi connectivity index (χ3n) is 2.75. The van der Waals surface area contributed by atoms with E-state index >= 15 is 0 Å². The van der Waals surface area contributed by atoms with E-state index in [0.717, 1.165) is 12.0 Å². The topological polar surface area (TPSA) is 35.2 Å². The normalized spacial score (nSPS) is 24.6. The zero-order valence-corrected chi connectivity index (χ0v) is 8.38. The van der Waals surface area contributed by atoms with Gasteiger partial charge in [-0.05, 0) is 18.9 Å². The average Bonchev–Trinajstić information content (AvgIpc) is 2.50. The summed E-state index contributed by atoms with van der Waals surface area (Å²) < 4.78 is 19.1. The van der Waals surface area contributed by atoms with Crippen LogP contribution in [0, 0.1) is 12.7 Å². The number of halogens is 1. The van der Waals surface area contributed by atoms with E-state index in [0.29, 0.717) is 11.3 Å².